The first kappa shape index (κ1) is 25.0. The molecule has 178 valence electrons. The molecule has 0 aliphatic carbocycles. The average Bonchev–Trinajstić information content (AvgIpc) is 3.41. The number of anilines is 1. The van der Waals surface area contributed by atoms with Gasteiger partial charge in [-0.25, -0.2) is 0 Å². The molecule has 0 bridgehead atoms. The van der Waals surface area contributed by atoms with E-state index in [9.17, 15) is 14.4 Å². The van der Waals surface area contributed by atoms with Gasteiger partial charge in [0.1, 0.15) is 5.70 Å². The highest BCUT2D eigenvalue weighted by Gasteiger charge is 2.15. The van der Waals surface area contributed by atoms with Gasteiger partial charge >= 0.3 is 0 Å². The topological polar surface area (TPSA) is 75.3 Å². The lowest BCUT2D eigenvalue weighted by Crippen LogP contribution is -2.30. The summed E-state index contributed by atoms with van der Waals surface area (Å²) in [6, 6.07) is 26.5. The summed E-state index contributed by atoms with van der Waals surface area (Å²) < 4.78 is 0.846. The molecule has 36 heavy (non-hydrogen) atoms. The van der Waals surface area contributed by atoms with Crippen LogP contribution in [0.1, 0.15) is 31.2 Å². The molecule has 2 amide bonds. The van der Waals surface area contributed by atoms with Crippen molar-refractivity contribution < 1.29 is 14.4 Å². The molecule has 5 nitrogen and oxygen atoms in total. The summed E-state index contributed by atoms with van der Waals surface area (Å²) in [5.74, 6) is -1.02. The molecule has 0 atom stereocenters. The molecule has 4 aromatic rings. The smallest absolute Gasteiger partial charge is 0.272 e. The molecule has 3 aromatic carbocycles. The maximum absolute atomic E-state index is 13.1. The van der Waals surface area contributed by atoms with Crippen molar-refractivity contribution in [1.29, 1.82) is 0 Å². The Hall–Kier alpha value is -4.07. The number of carbonyl (C=O) groups is 3. The molecular weight excluding hydrogens is 536 g/mol. The van der Waals surface area contributed by atoms with Gasteiger partial charge in [-0.2, -0.15) is 0 Å². The molecule has 0 unspecified atom stereocenters. The van der Waals surface area contributed by atoms with Gasteiger partial charge in [-0.15, -0.1) is 11.3 Å². The van der Waals surface area contributed by atoms with E-state index >= 15 is 0 Å². The van der Waals surface area contributed by atoms with E-state index < -0.39 is 11.8 Å². The molecule has 0 aliphatic heterocycles. The summed E-state index contributed by atoms with van der Waals surface area (Å²) in [5, 5.41) is 7.45. The molecule has 2 N–H and O–H groups in total. The second-order valence-electron chi connectivity index (χ2n) is 7.68. The monoisotopic (exact) mass is 556 g/mol. The molecule has 4 rings (SSSR count). The molecule has 0 radical (unpaired) electrons. The summed E-state index contributed by atoms with van der Waals surface area (Å²) in [4.78, 5) is 39.3. The maximum atomic E-state index is 13.1. The minimum Gasteiger partial charge on any atom is -0.321 e. The van der Waals surface area contributed by atoms with Crippen LogP contribution in [0.4, 0.5) is 5.69 Å². The lowest BCUT2D eigenvalue weighted by molar-refractivity contribution is -0.113. The molecule has 0 fully saturated rings. The van der Waals surface area contributed by atoms with Crippen molar-refractivity contribution in [2.75, 3.05) is 5.32 Å². The standard InChI is InChI=1S/C29H21BrN2O3S/c30-23-9-4-6-20(18-23)19-26(32-28(34)22-7-2-1-3-8-22)29(35)31-24-13-11-21(12-14-24)27(33)16-15-25-10-5-17-36-25/h1-19H,(H,31,35)(H,32,34)/b16-15+,26-19-. The number of carbonyl (C=O) groups excluding carboxylic acids is 3. The van der Waals surface area contributed by atoms with Crippen LogP contribution in [0.25, 0.3) is 12.2 Å². The zero-order chi connectivity index (χ0) is 25.3. The zero-order valence-corrected chi connectivity index (χ0v) is 21.4. The Morgan fingerprint density at radius 1 is 0.806 bits per heavy atom. The van der Waals surface area contributed by atoms with E-state index in [-0.39, 0.29) is 11.5 Å². The van der Waals surface area contributed by atoms with Crippen LogP contribution in [0.2, 0.25) is 0 Å². The van der Waals surface area contributed by atoms with E-state index in [0.717, 1.165) is 14.9 Å². The Labute approximate surface area is 221 Å². The van der Waals surface area contributed by atoms with Gasteiger partial charge < -0.3 is 10.6 Å². The summed E-state index contributed by atoms with van der Waals surface area (Å²) in [6.07, 6.45) is 4.91. The van der Waals surface area contributed by atoms with Crippen molar-refractivity contribution in [2.45, 2.75) is 0 Å². The number of ketones is 1. The molecule has 0 saturated carbocycles. The van der Waals surface area contributed by atoms with Crippen LogP contribution >= 0.6 is 27.3 Å². The van der Waals surface area contributed by atoms with Crippen LogP contribution in [0.3, 0.4) is 0 Å². The Morgan fingerprint density at radius 3 is 2.28 bits per heavy atom. The summed E-state index contributed by atoms with van der Waals surface area (Å²) >= 11 is 4.97. The maximum Gasteiger partial charge on any atom is 0.272 e. The highest BCUT2D eigenvalue weighted by molar-refractivity contribution is 9.10. The van der Waals surface area contributed by atoms with Gasteiger partial charge in [0.2, 0.25) is 0 Å². The van der Waals surface area contributed by atoms with Crippen molar-refractivity contribution in [3.63, 3.8) is 0 Å². The summed E-state index contributed by atoms with van der Waals surface area (Å²) in [7, 11) is 0. The second-order valence-corrected chi connectivity index (χ2v) is 9.57. The van der Waals surface area contributed by atoms with Crippen LogP contribution in [-0.4, -0.2) is 17.6 Å². The molecule has 1 heterocycles. The largest absolute Gasteiger partial charge is 0.321 e. The van der Waals surface area contributed by atoms with E-state index in [4.69, 9.17) is 0 Å². The number of benzene rings is 3. The van der Waals surface area contributed by atoms with Gasteiger partial charge in [0.05, 0.1) is 0 Å². The van der Waals surface area contributed by atoms with Crippen molar-refractivity contribution in [1.82, 2.24) is 5.32 Å². The van der Waals surface area contributed by atoms with Crippen molar-refractivity contribution in [3.05, 3.63) is 134 Å². The third-order valence-corrected chi connectivity index (χ3v) is 6.39. The highest BCUT2D eigenvalue weighted by Crippen LogP contribution is 2.17. The number of thiophene rings is 1. The van der Waals surface area contributed by atoms with Gasteiger partial charge in [-0.1, -0.05) is 52.3 Å². The fourth-order valence-electron chi connectivity index (χ4n) is 3.26. The molecule has 0 saturated heterocycles. The molecule has 0 aliphatic rings. The fourth-order valence-corrected chi connectivity index (χ4v) is 4.30. The Bertz CT molecular complexity index is 1430. The quantitative estimate of drug-likeness (QED) is 0.185. The summed E-state index contributed by atoms with van der Waals surface area (Å²) in [5.41, 5.74) is 2.25. The van der Waals surface area contributed by atoms with Crippen molar-refractivity contribution in [2.24, 2.45) is 0 Å². The Kier molecular flexibility index (Phi) is 8.39. The first-order valence-corrected chi connectivity index (χ1v) is 12.7. The Morgan fingerprint density at radius 2 is 1.58 bits per heavy atom. The van der Waals surface area contributed by atoms with E-state index in [1.807, 2.05) is 47.8 Å². The first-order valence-electron chi connectivity index (χ1n) is 11.0. The Balaban J connectivity index is 1.50. The molecule has 0 spiro atoms. The van der Waals surface area contributed by atoms with Gasteiger partial charge in [0.15, 0.2) is 5.78 Å². The zero-order valence-electron chi connectivity index (χ0n) is 19.0. The SMILES string of the molecule is O=C(Nc1ccc(C(=O)/C=C/c2cccs2)cc1)/C(=C/c1cccc(Br)c1)NC(=O)c1ccccc1. The van der Waals surface area contributed by atoms with Crippen LogP contribution in [0, 0.1) is 0 Å². The second kappa shape index (κ2) is 12.1. The van der Waals surface area contributed by atoms with E-state index in [1.54, 1.807) is 72.0 Å². The molecule has 7 heteroatoms. The normalized spacial score (nSPS) is 11.3. The number of amides is 2. The number of hydrogen-bond acceptors (Lipinski definition) is 4. The van der Waals surface area contributed by atoms with Gasteiger partial charge in [-0.05, 0) is 83.8 Å². The average molecular weight is 557 g/mol. The predicted octanol–water partition coefficient (Wildman–Crippen LogP) is 6.82. The van der Waals surface area contributed by atoms with Crippen LogP contribution in [0.5, 0.6) is 0 Å². The lowest BCUT2D eigenvalue weighted by atomic mass is 10.1. The number of rotatable bonds is 8. The van der Waals surface area contributed by atoms with Crippen LogP contribution < -0.4 is 10.6 Å². The van der Waals surface area contributed by atoms with E-state index in [2.05, 4.69) is 26.6 Å². The van der Waals surface area contributed by atoms with Gasteiger partial charge in [0, 0.05) is 26.2 Å². The molecule has 1 aromatic heterocycles. The minimum absolute atomic E-state index is 0.0842. The van der Waals surface area contributed by atoms with Crippen LogP contribution in [0.15, 0.2) is 113 Å². The van der Waals surface area contributed by atoms with Gasteiger partial charge in [-0.3, -0.25) is 14.4 Å². The van der Waals surface area contributed by atoms with E-state index in [1.165, 1.54) is 6.08 Å². The highest BCUT2D eigenvalue weighted by atomic mass is 79.9. The van der Waals surface area contributed by atoms with Gasteiger partial charge in [0.25, 0.3) is 11.8 Å². The number of halogens is 1. The van der Waals surface area contributed by atoms with Crippen molar-refractivity contribution in [3.8, 4) is 0 Å². The third kappa shape index (κ3) is 6.97. The number of hydrogen-bond donors (Lipinski definition) is 2. The number of nitrogens with one attached hydrogen (secondary N) is 2. The summed E-state index contributed by atoms with van der Waals surface area (Å²) in [6.45, 7) is 0. The fraction of sp³-hybridized carbons (Fsp3) is 0. The van der Waals surface area contributed by atoms with E-state index in [0.29, 0.717) is 16.8 Å². The molecular formula is C29H21BrN2O3S. The predicted molar refractivity (Wildman–Crippen MR) is 149 cm³/mol. The number of allylic oxidation sites excluding steroid dienone is 1. The lowest BCUT2D eigenvalue weighted by Gasteiger charge is -2.12. The minimum atomic E-state index is -0.490. The third-order valence-electron chi connectivity index (χ3n) is 5.06. The first-order chi connectivity index (χ1) is 17.5. The van der Waals surface area contributed by atoms with Crippen LogP contribution in [-0.2, 0) is 4.79 Å². The van der Waals surface area contributed by atoms with Crippen molar-refractivity contribution >= 4 is 62.7 Å².